The van der Waals surface area contributed by atoms with Gasteiger partial charge in [-0.05, 0) is 42.4 Å². The molecule has 69 valence electrons. The molecular weight excluding hydrogens is 148 g/mol. The van der Waals surface area contributed by atoms with E-state index in [9.17, 15) is 5.11 Å². The predicted octanol–water partition coefficient (Wildman–Crippen LogP) is 2.25. The Morgan fingerprint density at radius 1 is 1.33 bits per heavy atom. The third-order valence-electron chi connectivity index (χ3n) is 4.95. The molecule has 2 aliphatic carbocycles. The van der Waals surface area contributed by atoms with Gasteiger partial charge in [-0.1, -0.05) is 20.8 Å². The standard InChI is InChI=1S/C11H19O/c1-7-8-5-6-11(4,9(7)12)10(8,2)3/h7-9,12H,1,5-6H2,2-4H3/t7?,8-,9+,11-/m1/s1. The van der Waals surface area contributed by atoms with Gasteiger partial charge in [-0.2, -0.15) is 0 Å². The van der Waals surface area contributed by atoms with Crippen LogP contribution in [0.3, 0.4) is 0 Å². The van der Waals surface area contributed by atoms with E-state index in [0.717, 1.165) is 0 Å². The topological polar surface area (TPSA) is 20.2 Å². The van der Waals surface area contributed by atoms with Crippen molar-refractivity contribution in [2.75, 3.05) is 0 Å². The van der Waals surface area contributed by atoms with Crippen molar-refractivity contribution < 1.29 is 5.11 Å². The second-order valence-electron chi connectivity index (χ2n) is 5.39. The molecule has 1 radical (unpaired) electrons. The summed E-state index contributed by atoms with van der Waals surface area (Å²) >= 11 is 0. The third-order valence-corrected chi connectivity index (χ3v) is 4.95. The van der Waals surface area contributed by atoms with Gasteiger partial charge in [-0.25, -0.2) is 0 Å². The summed E-state index contributed by atoms with van der Waals surface area (Å²) in [5.41, 5.74) is 0.420. The van der Waals surface area contributed by atoms with E-state index in [1.807, 2.05) is 0 Å². The largest absolute Gasteiger partial charge is 0.392 e. The molecule has 0 amide bonds. The Kier molecular flexibility index (Phi) is 1.47. The van der Waals surface area contributed by atoms with Gasteiger partial charge < -0.3 is 5.11 Å². The highest BCUT2D eigenvalue weighted by Crippen LogP contribution is 2.67. The minimum Gasteiger partial charge on any atom is -0.392 e. The highest BCUT2D eigenvalue weighted by molar-refractivity contribution is 5.14. The van der Waals surface area contributed by atoms with Crippen molar-refractivity contribution in [2.24, 2.45) is 22.7 Å². The number of fused-ring (bicyclic) bond motifs is 2. The molecule has 1 nitrogen and oxygen atoms in total. The highest BCUT2D eigenvalue weighted by Gasteiger charge is 2.64. The van der Waals surface area contributed by atoms with E-state index in [2.05, 4.69) is 27.7 Å². The molecule has 2 rings (SSSR count). The first kappa shape index (κ1) is 8.55. The lowest BCUT2D eigenvalue weighted by molar-refractivity contribution is -0.00127. The van der Waals surface area contributed by atoms with E-state index in [0.29, 0.717) is 11.3 Å². The van der Waals surface area contributed by atoms with E-state index in [1.54, 1.807) is 0 Å². The van der Waals surface area contributed by atoms with Gasteiger partial charge in [0.2, 0.25) is 0 Å². The molecule has 0 aromatic heterocycles. The van der Waals surface area contributed by atoms with Crippen molar-refractivity contribution in [2.45, 2.75) is 39.7 Å². The first-order valence-electron chi connectivity index (χ1n) is 4.92. The quantitative estimate of drug-likeness (QED) is 0.586. The molecule has 0 aliphatic heterocycles. The van der Waals surface area contributed by atoms with Crippen LogP contribution in [0.5, 0.6) is 0 Å². The predicted molar refractivity (Wildman–Crippen MR) is 49.5 cm³/mol. The maximum atomic E-state index is 10.0. The van der Waals surface area contributed by atoms with Crippen LogP contribution in [0.25, 0.3) is 0 Å². The number of aliphatic hydroxyl groups excluding tert-OH is 1. The second kappa shape index (κ2) is 2.06. The smallest absolute Gasteiger partial charge is 0.0629 e. The first-order valence-corrected chi connectivity index (χ1v) is 4.92. The highest BCUT2D eigenvalue weighted by atomic mass is 16.3. The van der Waals surface area contributed by atoms with Crippen LogP contribution in [0.2, 0.25) is 0 Å². The van der Waals surface area contributed by atoms with Crippen LogP contribution in [-0.4, -0.2) is 11.2 Å². The van der Waals surface area contributed by atoms with Gasteiger partial charge >= 0.3 is 0 Å². The molecule has 0 aromatic carbocycles. The van der Waals surface area contributed by atoms with Gasteiger partial charge in [0.15, 0.2) is 0 Å². The van der Waals surface area contributed by atoms with Crippen molar-refractivity contribution in [1.29, 1.82) is 0 Å². The van der Waals surface area contributed by atoms with Gasteiger partial charge in [0, 0.05) is 0 Å². The molecule has 0 saturated heterocycles. The summed E-state index contributed by atoms with van der Waals surface area (Å²) in [5.74, 6) is 0.899. The maximum Gasteiger partial charge on any atom is 0.0629 e. The summed E-state index contributed by atoms with van der Waals surface area (Å²) in [5, 5.41) is 10.0. The molecule has 2 fully saturated rings. The lowest BCUT2D eigenvalue weighted by atomic mass is 9.70. The third kappa shape index (κ3) is 0.654. The van der Waals surface area contributed by atoms with E-state index >= 15 is 0 Å². The van der Waals surface area contributed by atoms with E-state index in [1.165, 1.54) is 12.8 Å². The van der Waals surface area contributed by atoms with Crippen molar-refractivity contribution in [1.82, 2.24) is 0 Å². The van der Waals surface area contributed by atoms with Crippen molar-refractivity contribution in [3.8, 4) is 0 Å². The first-order chi connectivity index (χ1) is 5.41. The van der Waals surface area contributed by atoms with Crippen LogP contribution in [0.15, 0.2) is 0 Å². The summed E-state index contributed by atoms with van der Waals surface area (Å²) in [6.45, 7) is 10.9. The minimum absolute atomic E-state index is 0.129. The minimum atomic E-state index is -0.175. The van der Waals surface area contributed by atoms with Crippen LogP contribution in [0.1, 0.15) is 33.6 Å². The lowest BCUT2D eigenvalue weighted by Gasteiger charge is -2.37. The molecule has 4 atom stereocenters. The molecule has 0 heterocycles. The molecule has 1 unspecified atom stereocenters. The summed E-state index contributed by atoms with van der Waals surface area (Å²) in [6, 6.07) is 0. The van der Waals surface area contributed by atoms with Gasteiger partial charge in [-0.3, -0.25) is 0 Å². The van der Waals surface area contributed by atoms with Gasteiger partial charge in [0.1, 0.15) is 0 Å². The average molecular weight is 167 g/mol. The SMILES string of the molecule is [CH2]C1[C@H]2CC[C@](C)([C@H]1O)C2(C)C. The Hall–Kier alpha value is -0.0400. The molecule has 0 aromatic rings. The van der Waals surface area contributed by atoms with Crippen LogP contribution >= 0.6 is 0 Å². The maximum absolute atomic E-state index is 10.0. The fraction of sp³-hybridized carbons (Fsp3) is 0.909. The fourth-order valence-electron chi connectivity index (χ4n) is 3.53. The monoisotopic (exact) mass is 167 g/mol. The summed E-state index contributed by atoms with van der Waals surface area (Å²) < 4.78 is 0. The van der Waals surface area contributed by atoms with E-state index < -0.39 is 0 Å². The van der Waals surface area contributed by atoms with E-state index in [-0.39, 0.29) is 17.4 Å². The number of aliphatic hydroxyl groups is 1. The number of hydrogen-bond donors (Lipinski definition) is 1. The summed E-state index contributed by atoms with van der Waals surface area (Å²) in [4.78, 5) is 0. The van der Waals surface area contributed by atoms with Crippen molar-refractivity contribution in [3.63, 3.8) is 0 Å². The Morgan fingerprint density at radius 2 is 1.92 bits per heavy atom. The molecule has 2 aliphatic rings. The van der Waals surface area contributed by atoms with Gasteiger partial charge in [0.05, 0.1) is 6.10 Å². The zero-order valence-electron chi connectivity index (χ0n) is 8.30. The Morgan fingerprint density at radius 3 is 2.17 bits per heavy atom. The van der Waals surface area contributed by atoms with E-state index in [4.69, 9.17) is 0 Å². The fourth-order valence-corrected chi connectivity index (χ4v) is 3.53. The Balaban J connectivity index is 2.44. The molecule has 2 bridgehead atoms. The van der Waals surface area contributed by atoms with Crippen LogP contribution < -0.4 is 0 Å². The molecule has 2 saturated carbocycles. The van der Waals surface area contributed by atoms with Crippen LogP contribution in [-0.2, 0) is 0 Å². The molecule has 1 heteroatoms. The molecular formula is C11H19O. The molecule has 0 spiro atoms. The van der Waals surface area contributed by atoms with Crippen LogP contribution in [0, 0.1) is 29.6 Å². The number of hydrogen-bond acceptors (Lipinski definition) is 1. The molecule has 12 heavy (non-hydrogen) atoms. The van der Waals surface area contributed by atoms with Crippen molar-refractivity contribution >= 4 is 0 Å². The summed E-state index contributed by atoms with van der Waals surface area (Å²) in [7, 11) is 0. The van der Waals surface area contributed by atoms with Crippen molar-refractivity contribution in [3.05, 3.63) is 6.92 Å². The lowest BCUT2D eigenvalue weighted by Crippen LogP contribution is -2.36. The molecule has 1 N–H and O–H groups in total. The normalized spacial score (nSPS) is 56.2. The van der Waals surface area contributed by atoms with Gasteiger partial charge in [0.25, 0.3) is 0 Å². The Bertz CT molecular complexity index is 209. The number of rotatable bonds is 0. The Labute approximate surface area is 75.2 Å². The zero-order chi connectivity index (χ0) is 9.15. The zero-order valence-corrected chi connectivity index (χ0v) is 8.30. The second-order valence-corrected chi connectivity index (χ2v) is 5.39. The van der Waals surface area contributed by atoms with Gasteiger partial charge in [-0.15, -0.1) is 0 Å². The van der Waals surface area contributed by atoms with Crippen LogP contribution in [0.4, 0.5) is 0 Å². The average Bonchev–Trinajstić information content (AvgIpc) is 2.26. The summed E-state index contributed by atoms with van der Waals surface area (Å²) in [6.07, 6.45) is 2.26.